The number of aromatic nitrogens is 4. The second kappa shape index (κ2) is 6.13. The summed E-state index contributed by atoms with van der Waals surface area (Å²) in [5.74, 6) is 0. The molecule has 20 heavy (non-hydrogen) atoms. The third kappa shape index (κ3) is 2.88. The number of piperidine rings is 1. The molecule has 3 rings (SSSR count). The van der Waals surface area contributed by atoms with Crippen LogP contribution in [0.4, 0.5) is 0 Å². The fourth-order valence-electron chi connectivity index (χ4n) is 2.91. The van der Waals surface area contributed by atoms with Crippen LogP contribution in [-0.4, -0.2) is 31.2 Å². The number of hydrogen-bond donors (Lipinski definition) is 0. The van der Waals surface area contributed by atoms with Crippen molar-refractivity contribution in [1.82, 2.24) is 24.6 Å². The molecule has 2 aromatic rings. The summed E-state index contributed by atoms with van der Waals surface area (Å²) in [6, 6.07) is 2.45. The summed E-state index contributed by atoms with van der Waals surface area (Å²) in [6.45, 7) is 5.12. The summed E-state index contributed by atoms with van der Waals surface area (Å²) in [5.41, 5.74) is 2.43. The van der Waals surface area contributed by atoms with Crippen molar-refractivity contribution >= 4 is 0 Å². The van der Waals surface area contributed by atoms with E-state index in [1.54, 1.807) is 6.33 Å². The number of hydrogen-bond acceptors (Lipinski definition) is 4. The summed E-state index contributed by atoms with van der Waals surface area (Å²) < 4.78 is 1.99. The van der Waals surface area contributed by atoms with E-state index >= 15 is 0 Å². The van der Waals surface area contributed by atoms with E-state index in [1.807, 2.05) is 23.1 Å². The van der Waals surface area contributed by atoms with Crippen molar-refractivity contribution in [3.8, 4) is 0 Å². The zero-order valence-corrected chi connectivity index (χ0v) is 11.9. The van der Waals surface area contributed by atoms with Gasteiger partial charge in [-0.15, -0.1) is 0 Å². The fraction of sp³-hybridized carbons (Fsp3) is 0.533. The maximum Gasteiger partial charge on any atom is 0.115 e. The van der Waals surface area contributed by atoms with Crippen molar-refractivity contribution in [3.63, 3.8) is 0 Å². The average Bonchev–Trinajstić information content (AvgIpc) is 2.96. The molecule has 0 radical (unpaired) electrons. The van der Waals surface area contributed by atoms with E-state index in [0.29, 0.717) is 6.04 Å². The van der Waals surface area contributed by atoms with Crippen LogP contribution in [-0.2, 0) is 13.1 Å². The third-order valence-electron chi connectivity index (χ3n) is 3.96. The molecule has 0 aliphatic carbocycles. The Hall–Kier alpha value is -1.75. The van der Waals surface area contributed by atoms with Gasteiger partial charge in [-0.05, 0) is 32.4 Å². The van der Waals surface area contributed by atoms with Gasteiger partial charge < -0.3 is 0 Å². The van der Waals surface area contributed by atoms with Crippen LogP contribution in [0, 0.1) is 0 Å². The maximum atomic E-state index is 4.44. The van der Waals surface area contributed by atoms with Gasteiger partial charge >= 0.3 is 0 Å². The van der Waals surface area contributed by atoms with Crippen LogP contribution >= 0.6 is 0 Å². The van der Waals surface area contributed by atoms with E-state index in [2.05, 4.69) is 33.1 Å². The standard InChI is InChI=1S/C15H21N5/c1-2-20-11-13(9-18-20)10-19-8-4-3-5-15(19)14-6-7-16-12-17-14/h6-7,9,11-12,15H,2-5,8,10H2,1H3/t15-/m1/s1. The van der Waals surface area contributed by atoms with Crippen molar-refractivity contribution in [1.29, 1.82) is 0 Å². The molecule has 106 valence electrons. The molecule has 5 nitrogen and oxygen atoms in total. The second-order valence-corrected chi connectivity index (χ2v) is 5.32. The molecule has 0 saturated carbocycles. The first kappa shape index (κ1) is 13.2. The first-order valence-corrected chi connectivity index (χ1v) is 7.38. The molecular formula is C15H21N5. The van der Waals surface area contributed by atoms with Gasteiger partial charge in [0.05, 0.1) is 17.9 Å². The normalized spacial score (nSPS) is 20.1. The SMILES string of the molecule is CCn1cc(CN2CCCC[C@@H]2c2ccncn2)cn1. The first-order chi connectivity index (χ1) is 9.86. The molecule has 1 saturated heterocycles. The van der Waals surface area contributed by atoms with Gasteiger partial charge in [-0.2, -0.15) is 5.10 Å². The van der Waals surface area contributed by atoms with Crippen LogP contribution in [0.1, 0.15) is 43.5 Å². The minimum absolute atomic E-state index is 0.414. The van der Waals surface area contributed by atoms with E-state index in [1.165, 1.54) is 24.8 Å². The molecule has 1 fully saturated rings. The highest BCUT2D eigenvalue weighted by Crippen LogP contribution is 2.30. The molecule has 1 atom stereocenters. The van der Waals surface area contributed by atoms with E-state index in [-0.39, 0.29) is 0 Å². The summed E-state index contributed by atoms with van der Waals surface area (Å²) >= 11 is 0. The van der Waals surface area contributed by atoms with Gasteiger partial charge in [-0.25, -0.2) is 9.97 Å². The maximum absolute atomic E-state index is 4.44. The number of likely N-dealkylation sites (tertiary alicyclic amines) is 1. The minimum Gasteiger partial charge on any atom is -0.290 e. The molecule has 0 aromatic carbocycles. The number of aryl methyl sites for hydroxylation is 1. The molecule has 0 bridgehead atoms. The lowest BCUT2D eigenvalue weighted by molar-refractivity contribution is 0.137. The highest BCUT2D eigenvalue weighted by molar-refractivity contribution is 5.09. The molecular weight excluding hydrogens is 250 g/mol. The van der Waals surface area contributed by atoms with Gasteiger partial charge in [0.1, 0.15) is 6.33 Å². The summed E-state index contributed by atoms with van der Waals surface area (Å²) in [6.07, 6.45) is 11.3. The van der Waals surface area contributed by atoms with Crippen LogP contribution in [0.15, 0.2) is 31.0 Å². The smallest absolute Gasteiger partial charge is 0.115 e. The Bertz CT molecular complexity index is 536. The first-order valence-electron chi connectivity index (χ1n) is 7.38. The molecule has 0 amide bonds. The van der Waals surface area contributed by atoms with Gasteiger partial charge in [-0.3, -0.25) is 9.58 Å². The van der Waals surface area contributed by atoms with Crippen molar-refractivity contribution in [3.05, 3.63) is 42.2 Å². The molecule has 2 aromatic heterocycles. The van der Waals surface area contributed by atoms with Crippen LogP contribution in [0.5, 0.6) is 0 Å². The highest BCUT2D eigenvalue weighted by Gasteiger charge is 2.25. The third-order valence-corrected chi connectivity index (χ3v) is 3.96. The van der Waals surface area contributed by atoms with Crippen LogP contribution in [0.3, 0.4) is 0 Å². The Balaban J connectivity index is 1.75. The average molecular weight is 271 g/mol. The minimum atomic E-state index is 0.414. The van der Waals surface area contributed by atoms with E-state index in [0.717, 1.165) is 25.3 Å². The van der Waals surface area contributed by atoms with Crippen molar-refractivity contribution < 1.29 is 0 Å². The van der Waals surface area contributed by atoms with Gasteiger partial charge in [0.25, 0.3) is 0 Å². The highest BCUT2D eigenvalue weighted by atomic mass is 15.3. The molecule has 0 unspecified atom stereocenters. The van der Waals surface area contributed by atoms with Crippen LogP contribution < -0.4 is 0 Å². The van der Waals surface area contributed by atoms with Crippen molar-refractivity contribution in [2.45, 2.75) is 45.3 Å². The predicted octanol–water partition coefficient (Wildman–Crippen LogP) is 2.42. The molecule has 1 aliphatic heterocycles. The molecule has 1 aliphatic rings. The van der Waals surface area contributed by atoms with Gasteiger partial charge in [0.15, 0.2) is 0 Å². The van der Waals surface area contributed by atoms with Crippen LogP contribution in [0.25, 0.3) is 0 Å². The van der Waals surface area contributed by atoms with Gasteiger partial charge in [0.2, 0.25) is 0 Å². The lowest BCUT2D eigenvalue weighted by Gasteiger charge is -2.34. The topological polar surface area (TPSA) is 46.8 Å². The van der Waals surface area contributed by atoms with E-state index in [9.17, 15) is 0 Å². The second-order valence-electron chi connectivity index (χ2n) is 5.32. The van der Waals surface area contributed by atoms with Gasteiger partial charge in [0, 0.05) is 31.0 Å². The predicted molar refractivity (Wildman–Crippen MR) is 76.9 cm³/mol. The Morgan fingerprint density at radius 3 is 3.05 bits per heavy atom. The summed E-state index contributed by atoms with van der Waals surface area (Å²) in [4.78, 5) is 11.0. The number of rotatable bonds is 4. The van der Waals surface area contributed by atoms with Crippen molar-refractivity contribution in [2.75, 3.05) is 6.54 Å². The molecule has 5 heteroatoms. The van der Waals surface area contributed by atoms with E-state index in [4.69, 9.17) is 0 Å². The van der Waals surface area contributed by atoms with Gasteiger partial charge in [-0.1, -0.05) is 6.42 Å². The zero-order chi connectivity index (χ0) is 13.8. The van der Waals surface area contributed by atoms with E-state index < -0.39 is 0 Å². The van der Waals surface area contributed by atoms with Crippen molar-refractivity contribution in [2.24, 2.45) is 0 Å². The number of nitrogens with zero attached hydrogens (tertiary/aromatic N) is 5. The van der Waals surface area contributed by atoms with Crippen LogP contribution in [0.2, 0.25) is 0 Å². The monoisotopic (exact) mass is 271 g/mol. The lowest BCUT2D eigenvalue weighted by Crippen LogP contribution is -2.33. The Morgan fingerprint density at radius 2 is 2.30 bits per heavy atom. The molecule has 3 heterocycles. The fourth-order valence-corrected chi connectivity index (χ4v) is 2.91. The Labute approximate surface area is 119 Å². The quantitative estimate of drug-likeness (QED) is 0.857. The zero-order valence-electron chi connectivity index (χ0n) is 11.9. The Morgan fingerprint density at radius 1 is 1.35 bits per heavy atom. The lowest BCUT2D eigenvalue weighted by atomic mass is 9.98. The molecule has 0 spiro atoms. The Kier molecular flexibility index (Phi) is 4.06. The summed E-state index contributed by atoms with van der Waals surface area (Å²) in [5, 5.41) is 4.36. The summed E-state index contributed by atoms with van der Waals surface area (Å²) in [7, 11) is 0. The largest absolute Gasteiger partial charge is 0.290 e. The molecule has 0 N–H and O–H groups in total.